The van der Waals surface area contributed by atoms with Crippen molar-refractivity contribution in [2.45, 2.75) is 51.6 Å². The van der Waals surface area contributed by atoms with Crippen LogP contribution >= 0.6 is 0 Å². The Labute approximate surface area is 159 Å². The van der Waals surface area contributed by atoms with Crippen molar-refractivity contribution in [1.29, 1.82) is 0 Å². The number of likely N-dealkylation sites (tertiary alicyclic amines) is 1. The van der Waals surface area contributed by atoms with Gasteiger partial charge in [-0.05, 0) is 31.7 Å². The molecule has 1 aromatic carbocycles. The van der Waals surface area contributed by atoms with E-state index in [-0.39, 0.29) is 12.0 Å². The van der Waals surface area contributed by atoms with Gasteiger partial charge >= 0.3 is 5.63 Å². The molecule has 0 unspecified atom stereocenters. The zero-order valence-corrected chi connectivity index (χ0v) is 15.9. The van der Waals surface area contributed by atoms with Crippen LogP contribution in [0.1, 0.15) is 43.4 Å². The van der Waals surface area contributed by atoms with E-state index in [0.29, 0.717) is 31.0 Å². The van der Waals surface area contributed by atoms with Crippen LogP contribution < -0.4 is 10.4 Å². The summed E-state index contributed by atoms with van der Waals surface area (Å²) in [7, 11) is 0. The first-order valence-corrected chi connectivity index (χ1v) is 9.70. The molecule has 0 atom stereocenters. The fourth-order valence-electron chi connectivity index (χ4n) is 3.47. The van der Waals surface area contributed by atoms with Crippen LogP contribution in [0.15, 0.2) is 51.7 Å². The van der Waals surface area contributed by atoms with E-state index < -0.39 is 5.63 Å². The van der Waals surface area contributed by atoms with Crippen LogP contribution in [0.2, 0.25) is 0 Å². The predicted molar refractivity (Wildman–Crippen MR) is 104 cm³/mol. The number of benzene rings is 1. The van der Waals surface area contributed by atoms with Crippen LogP contribution in [0.5, 0.6) is 5.75 Å². The lowest BCUT2D eigenvalue weighted by Gasteiger charge is -2.32. The van der Waals surface area contributed by atoms with Gasteiger partial charge in [-0.15, -0.1) is 0 Å². The second kappa shape index (κ2) is 9.40. The van der Waals surface area contributed by atoms with E-state index in [1.807, 2.05) is 11.0 Å². The molecular formula is C22H27NO4. The van der Waals surface area contributed by atoms with Gasteiger partial charge in [0.15, 0.2) is 0 Å². The lowest BCUT2D eigenvalue weighted by atomic mass is 10.0. The minimum atomic E-state index is -0.395. The van der Waals surface area contributed by atoms with Gasteiger partial charge in [-0.3, -0.25) is 4.79 Å². The maximum atomic E-state index is 12.4. The molecule has 0 aliphatic carbocycles. The highest BCUT2D eigenvalue weighted by molar-refractivity contribution is 5.76. The number of hydrogen-bond acceptors (Lipinski definition) is 4. The van der Waals surface area contributed by atoms with Crippen LogP contribution in [0.3, 0.4) is 0 Å². The molecule has 3 rings (SSSR count). The van der Waals surface area contributed by atoms with Crippen LogP contribution in [0.4, 0.5) is 0 Å². The predicted octanol–water partition coefficient (Wildman–Crippen LogP) is 3.73. The van der Waals surface area contributed by atoms with E-state index >= 15 is 0 Å². The van der Waals surface area contributed by atoms with Crippen molar-refractivity contribution < 1.29 is 13.9 Å². The van der Waals surface area contributed by atoms with Gasteiger partial charge in [0.05, 0.1) is 6.07 Å². The molecule has 0 bridgehead atoms. The minimum Gasteiger partial charge on any atom is -0.490 e. The Morgan fingerprint density at radius 2 is 1.89 bits per heavy atom. The van der Waals surface area contributed by atoms with Gasteiger partial charge in [0, 0.05) is 38.4 Å². The molecule has 0 radical (unpaired) electrons. The Morgan fingerprint density at radius 3 is 2.59 bits per heavy atom. The summed E-state index contributed by atoms with van der Waals surface area (Å²) in [5.41, 5.74) is 0.932. The fraction of sp³-hybridized carbons (Fsp3) is 0.455. The molecule has 1 fully saturated rings. The number of aryl methyl sites for hydroxylation is 2. The second-order valence-electron chi connectivity index (χ2n) is 7.11. The normalized spacial score (nSPS) is 14.9. The second-order valence-corrected chi connectivity index (χ2v) is 7.11. The molecule has 2 heterocycles. The number of ether oxygens (including phenoxy) is 1. The Balaban J connectivity index is 1.37. The van der Waals surface area contributed by atoms with Crippen LogP contribution in [0, 0.1) is 6.92 Å². The summed E-state index contributed by atoms with van der Waals surface area (Å²) in [4.78, 5) is 25.7. The van der Waals surface area contributed by atoms with E-state index in [2.05, 4.69) is 24.3 Å². The number of hydrogen-bond donors (Lipinski definition) is 0. The van der Waals surface area contributed by atoms with E-state index in [4.69, 9.17) is 9.15 Å². The Bertz CT molecular complexity index is 791. The quantitative estimate of drug-likeness (QED) is 0.698. The maximum absolute atomic E-state index is 12.4. The molecule has 0 N–H and O–H groups in total. The van der Waals surface area contributed by atoms with Crippen LogP contribution in [0.25, 0.3) is 0 Å². The number of piperidine rings is 1. The molecule has 1 amide bonds. The van der Waals surface area contributed by atoms with Crippen molar-refractivity contribution in [1.82, 2.24) is 4.90 Å². The third-order valence-electron chi connectivity index (χ3n) is 4.91. The summed E-state index contributed by atoms with van der Waals surface area (Å²) >= 11 is 0. The first-order chi connectivity index (χ1) is 13.1. The number of carbonyl (C=O) groups excluding carboxylic acids is 1. The van der Waals surface area contributed by atoms with Gasteiger partial charge in [0.2, 0.25) is 5.91 Å². The zero-order valence-electron chi connectivity index (χ0n) is 15.9. The van der Waals surface area contributed by atoms with Crippen molar-refractivity contribution >= 4 is 5.91 Å². The SMILES string of the molecule is Cc1cc(OC2CCN(C(=O)CCCCc3ccccc3)CC2)cc(=O)o1. The van der Waals surface area contributed by atoms with Gasteiger partial charge in [-0.1, -0.05) is 30.3 Å². The van der Waals surface area contributed by atoms with Crippen molar-refractivity contribution in [3.8, 4) is 5.75 Å². The largest absolute Gasteiger partial charge is 0.490 e. The molecule has 1 aliphatic rings. The fourth-order valence-corrected chi connectivity index (χ4v) is 3.47. The standard InChI is InChI=1S/C22H27NO4/c1-17-15-20(16-22(25)26-17)27-19-11-13-23(14-12-19)21(24)10-6-5-9-18-7-3-2-4-8-18/h2-4,7-8,15-16,19H,5-6,9-14H2,1H3. The van der Waals surface area contributed by atoms with E-state index in [1.54, 1.807) is 13.0 Å². The third kappa shape index (κ3) is 5.98. The summed E-state index contributed by atoms with van der Waals surface area (Å²) in [6, 6.07) is 13.5. The highest BCUT2D eigenvalue weighted by atomic mass is 16.5. The Morgan fingerprint density at radius 1 is 1.15 bits per heavy atom. The first kappa shape index (κ1) is 19.2. The molecule has 1 saturated heterocycles. The Hall–Kier alpha value is -2.56. The molecular weight excluding hydrogens is 342 g/mol. The molecule has 0 saturated carbocycles. The van der Waals surface area contributed by atoms with Crippen molar-refractivity contribution in [3.05, 3.63) is 64.2 Å². The third-order valence-corrected chi connectivity index (χ3v) is 4.91. The van der Waals surface area contributed by atoms with E-state index in [0.717, 1.165) is 32.1 Å². The van der Waals surface area contributed by atoms with Crippen LogP contribution in [-0.4, -0.2) is 30.0 Å². The minimum absolute atomic E-state index is 0.0355. The molecule has 144 valence electrons. The molecule has 1 aliphatic heterocycles. The monoisotopic (exact) mass is 369 g/mol. The molecule has 5 nitrogen and oxygen atoms in total. The zero-order chi connectivity index (χ0) is 19.1. The molecule has 2 aromatic rings. The smallest absolute Gasteiger partial charge is 0.339 e. The maximum Gasteiger partial charge on any atom is 0.339 e. The van der Waals surface area contributed by atoms with Gasteiger partial charge in [-0.2, -0.15) is 0 Å². The van der Waals surface area contributed by atoms with Crippen molar-refractivity contribution in [2.75, 3.05) is 13.1 Å². The number of unbranched alkanes of at least 4 members (excludes halogenated alkanes) is 1. The highest BCUT2D eigenvalue weighted by Gasteiger charge is 2.23. The number of carbonyl (C=O) groups is 1. The van der Waals surface area contributed by atoms with Gasteiger partial charge in [-0.25, -0.2) is 4.79 Å². The Kier molecular flexibility index (Phi) is 6.69. The summed E-state index contributed by atoms with van der Waals surface area (Å²) in [6.45, 7) is 3.15. The molecule has 0 spiro atoms. The number of nitrogens with zero attached hydrogens (tertiary/aromatic N) is 1. The molecule has 27 heavy (non-hydrogen) atoms. The number of rotatable bonds is 7. The summed E-state index contributed by atoms with van der Waals surface area (Å²) < 4.78 is 10.8. The molecule has 1 aromatic heterocycles. The van der Waals surface area contributed by atoms with Gasteiger partial charge in [0.1, 0.15) is 17.6 Å². The van der Waals surface area contributed by atoms with E-state index in [9.17, 15) is 9.59 Å². The average Bonchev–Trinajstić information content (AvgIpc) is 2.66. The van der Waals surface area contributed by atoms with E-state index in [1.165, 1.54) is 11.6 Å². The lowest BCUT2D eigenvalue weighted by Crippen LogP contribution is -2.41. The summed E-state index contributed by atoms with van der Waals surface area (Å²) in [6.07, 6.45) is 5.19. The highest BCUT2D eigenvalue weighted by Crippen LogP contribution is 2.19. The van der Waals surface area contributed by atoms with Gasteiger partial charge < -0.3 is 14.1 Å². The van der Waals surface area contributed by atoms with Crippen molar-refractivity contribution in [3.63, 3.8) is 0 Å². The van der Waals surface area contributed by atoms with Crippen molar-refractivity contribution in [2.24, 2.45) is 0 Å². The summed E-state index contributed by atoms with van der Waals surface area (Å²) in [5, 5.41) is 0. The number of amides is 1. The van der Waals surface area contributed by atoms with Gasteiger partial charge in [0.25, 0.3) is 0 Å². The summed E-state index contributed by atoms with van der Waals surface area (Å²) in [5.74, 6) is 1.33. The topological polar surface area (TPSA) is 59.8 Å². The van der Waals surface area contributed by atoms with Crippen LogP contribution in [-0.2, 0) is 11.2 Å². The lowest BCUT2D eigenvalue weighted by molar-refractivity contribution is -0.133. The average molecular weight is 369 g/mol. The molecule has 5 heteroatoms. The first-order valence-electron chi connectivity index (χ1n) is 9.70.